The van der Waals surface area contributed by atoms with Gasteiger partial charge in [0.1, 0.15) is 0 Å². The highest BCUT2D eigenvalue weighted by Gasteiger charge is 2.34. The van der Waals surface area contributed by atoms with Crippen LogP contribution >= 0.6 is 0 Å². The molecule has 0 bridgehead atoms. The molecule has 3 N–H and O–H groups in total. The Bertz CT molecular complexity index is 488. The number of aldehydes is 1. The number of imide groups is 1. The first-order chi connectivity index (χ1) is 13.4. The van der Waals surface area contributed by atoms with Crippen LogP contribution in [0, 0.1) is 5.92 Å². The van der Waals surface area contributed by atoms with Gasteiger partial charge in [0, 0.05) is 38.5 Å². The molecule has 0 aromatic rings. The summed E-state index contributed by atoms with van der Waals surface area (Å²) in [6, 6.07) is 0. The third-order valence-electron chi connectivity index (χ3n) is 3.67. The van der Waals surface area contributed by atoms with Crippen LogP contribution in [0.4, 0.5) is 0 Å². The molecular weight excluding hydrogens is 370 g/mol. The van der Waals surface area contributed by atoms with Crippen LogP contribution in [0.3, 0.4) is 0 Å². The number of hydrogen-bond donors (Lipinski definition) is 3. The maximum atomic E-state index is 11.2. The van der Waals surface area contributed by atoms with Crippen molar-refractivity contribution in [1.29, 1.82) is 0 Å². The molecule has 0 aromatic carbocycles. The van der Waals surface area contributed by atoms with E-state index in [-0.39, 0.29) is 37.4 Å². The van der Waals surface area contributed by atoms with Gasteiger partial charge in [0.05, 0.1) is 19.9 Å². The number of carbonyl (C=O) groups is 4. The fourth-order valence-corrected chi connectivity index (χ4v) is 2.26. The number of nitrogens with zero attached hydrogens (tertiary/aromatic N) is 1. The maximum Gasteiger partial charge on any atom is 0.232 e. The molecule has 0 aliphatic carbocycles. The van der Waals surface area contributed by atoms with Crippen molar-refractivity contribution >= 4 is 24.0 Å². The normalized spacial score (nSPS) is 17.1. The topological polar surface area (TPSA) is 134 Å². The summed E-state index contributed by atoms with van der Waals surface area (Å²) in [5.41, 5.74) is 0. The molecule has 1 fully saturated rings. The summed E-state index contributed by atoms with van der Waals surface area (Å²) in [5, 5.41) is 13.8. The Labute approximate surface area is 165 Å². The maximum absolute atomic E-state index is 11.2. The van der Waals surface area contributed by atoms with E-state index in [2.05, 4.69) is 10.6 Å². The van der Waals surface area contributed by atoms with Crippen LogP contribution in [0.2, 0.25) is 0 Å². The van der Waals surface area contributed by atoms with Crippen LogP contribution in [0.5, 0.6) is 0 Å². The molecule has 0 spiro atoms. The van der Waals surface area contributed by atoms with Crippen LogP contribution < -0.4 is 10.6 Å². The summed E-state index contributed by atoms with van der Waals surface area (Å²) in [5.74, 6) is -0.526. The van der Waals surface area contributed by atoms with Gasteiger partial charge in [0.2, 0.25) is 17.7 Å². The first kappa shape index (κ1) is 26.1. The predicted octanol–water partition coefficient (Wildman–Crippen LogP) is -0.598. The van der Waals surface area contributed by atoms with Crippen LogP contribution in [0.1, 0.15) is 40.0 Å². The number of hydrogen-bond acceptors (Lipinski definition) is 8. The molecule has 2 atom stereocenters. The number of likely N-dealkylation sites (tertiary alicyclic amines) is 1. The molecule has 1 saturated heterocycles. The van der Waals surface area contributed by atoms with Gasteiger partial charge in [-0.1, -0.05) is 13.8 Å². The number of rotatable bonds is 13. The van der Waals surface area contributed by atoms with Gasteiger partial charge in [-0.25, -0.2) is 0 Å². The van der Waals surface area contributed by atoms with E-state index in [0.29, 0.717) is 39.1 Å². The van der Waals surface area contributed by atoms with Crippen molar-refractivity contribution in [2.45, 2.75) is 46.3 Å². The fraction of sp³-hybridized carbons (Fsp3) is 0.778. The van der Waals surface area contributed by atoms with Crippen molar-refractivity contribution in [3.63, 3.8) is 0 Å². The summed E-state index contributed by atoms with van der Waals surface area (Å²) in [6.07, 6.45) is 0.736. The average molecular weight is 403 g/mol. The highest BCUT2D eigenvalue weighted by Crippen LogP contribution is 2.18. The van der Waals surface area contributed by atoms with E-state index in [9.17, 15) is 19.2 Å². The molecule has 0 aromatic heterocycles. The molecule has 10 heteroatoms. The van der Waals surface area contributed by atoms with E-state index in [4.69, 9.17) is 14.6 Å². The first-order valence-corrected chi connectivity index (χ1v) is 9.50. The second-order valence-electron chi connectivity index (χ2n) is 6.09. The van der Waals surface area contributed by atoms with E-state index in [1.165, 1.54) is 4.90 Å². The molecule has 1 aliphatic rings. The molecule has 162 valence electrons. The lowest BCUT2D eigenvalue weighted by Gasteiger charge is -2.13. The van der Waals surface area contributed by atoms with Crippen molar-refractivity contribution in [3.8, 4) is 0 Å². The Morgan fingerprint density at radius 2 is 2.11 bits per heavy atom. The molecule has 1 aliphatic heterocycles. The molecule has 10 nitrogen and oxygen atoms in total. The zero-order chi connectivity index (χ0) is 21.4. The van der Waals surface area contributed by atoms with E-state index < -0.39 is 12.1 Å². The summed E-state index contributed by atoms with van der Waals surface area (Å²) >= 11 is 0. The Kier molecular flexibility index (Phi) is 15.0. The smallest absolute Gasteiger partial charge is 0.232 e. The number of carbonyl (C=O) groups excluding carboxylic acids is 4. The van der Waals surface area contributed by atoms with Gasteiger partial charge in [0.25, 0.3) is 0 Å². The lowest BCUT2D eigenvalue weighted by Crippen LogP contribution is -2.39. The zero-order valence-corrected chi connectivity index (χ0v) is 16.9. The number of aliphatic hydroxyl groups is 1. The largest absolute Gasteiger partial charge is 0.396 e. The molecule has 28 heavy (non-hydrogen) atoms. The molecule has 3 amide bonds. The van der Waals surface area contributed by atoms with E-state index in [1.807, 2.05) is 13.8 Å². The standard InChI is InChI=1S/C10H20N2O5.C8H13NO2/c1-2-16-8-11-4-6-17-10(7-14)12-9(15)3-5-13;1-3-4-9-7(10)5-6(2)8(9)11/h7,10-11,13H,2-6,8H2,1H3,(H,12,15);6H,3-5H2,1-2H3. The fourth-order valence-electron chi connectivity index (χ4n) is 2.26. The van der Waals surface area contributed by atoms with Crippen molar-refractivity contribution in [1.82, 2.24) is 15.5 Å². The molecule has 0 radical (unpaired) electrons. The van der Waals surface area contributed by atoms with Crippen molar-refractivity contribution in [3.05, 3.63) is 0 Å². The van der Waals surface area contributed by atoms with Crippen molar-refractivity contribution in [2.24, 2.45) is 5.92 Å². The second-order valence-corrected chi connectivity index (χ2v) is 6.09. The third-order valence-corrected chi connectivity index (χ3v) is 3.67. The molecule has 1 rings (SSSR count). The SMILES string of the molecule is CCCN1C(=O)CC(C)C1=O.CCOCNCCOC(C=O)NC(=O)CCO. The van der Waals surface area contributed by atoms with Gasteiger partial charge in [-0.2, -0.15) is 0 Å². The zero-order valence-electron chi connectivity index (χ0n) is 16.9. The molecule has 2 unspecified atom stereocenters. The molecular formula is C18H33N3O7. The van der Waals surface area contributed by atoms with Crippen LogP contribution in [-0.4, -0.2) is 79.9 Å². The first-order valence-electron chi connectivity index (χ1n) is 9.50. The van der Waals surface area contributed by atoms with E-state index in [0.717, 1.165) is 6.42 Å². The quantitative estimate of drug-likeness (QED) is 0.161. The predicted molar refractivity (Wildman–Crippen MR) is 101 cm³/mol. The van der Waals surface area contributed by atoms with E-state index in [1.54, 1.807) is 6.92 Å². The lowest BCUT2D eigenvalue weighted by atomic mass is 10.1. The van der Waals surface area contributed by atoms with Crippen LogP contribution in [0.15, 0.2) is 0 Å². The lowest BCUT2D eigenvalue weighted by molar-refractivity contribution is -0.139. The summed E-state index contributed by atoms with van der Waals surface area (Å²) in [4.78, 5) is 45.3. The number of ether oxygens (including phenoxy) is 2. The molecule has 1 heterocycles. The van der Waals surface area contributed by atoms with Gasteiger partial charge in [-0.05, 0) is 13.3 Å². The van der Waals surface area contributed by atoms with E-state index >= 15 is 0 Å². The minimum absolute atomic E-state index is 0.00292. The monoisotopic (exact) mass is 403 g/mol. The van der Waals surface area contributed by atoms with Crippen molar-refractivity contribution in [2.75, 3.05) is 39.6 Å². The summed E-state index contributed by atoms with van der Waals surface area (Å²) in [6.45, 7) is 7.81. The average Bonchev–Trinajstić information content (AvgIpc) is 2.90. The van der Waals surface area contributed by atoms with Gasteiger partial charge in [0.15, 0.2) is 12.5 Å². The van der Waals surface area contributed by atoms with Gasteiger partial charge in [-0.15, -0.1) is 0 Å². The minimum atomic E-state index is -0.969. The van der Waals surface area contributed by atoms with Gasteiger partial charge < -0.3 is 19.9 Å². The minimum Gasteiger partial charge on any atom is -0.396 e. The van der Waals surface area contributed by atoms with Gasteiger partial charge >= 0.3 is 0 Å². The molecule has 0 saturated carbocycles. The summed E-state index contributed by atoms with van der Waals surface area (Å²) < 4.78 is 10.1. The summed E-state index contributed by atoms with van der Waals surface area (Å²) in [7, 11) is 0. The second kappa shape index (κ2) is 16.1. The van der Waals surface area contributed by atoms with Gasteiger partial charge in [-0.3, -0.25) is 29.4 Å². The Balaban J connectivity index is 0.000000567. The van der Waals surface area contributed by atoms with Crippen molar-refractivity contribution < 1.29 is 33.8 Å². The number of nitrogens with one attached hydrogen (secondary N) is 2. The highest BCUT2D eigenvalue weighted by atomic mass is 16.5. The van der Waals surface area contributed by atoms with Crippen LogP contribution in [-0.2, 0) is 28.7 Å². The highest BCUT2D eigenvalue weighted by molar-refractivity contribution is 6.03. The Morgan fingerprint density at radius 3 is 2.61 bits per heavy atom. The Hall–Kier alpha value is -1.88. The third kappa shape index (κ3) is 11.1. The Morgan fingerprint density at radius 1 is 1.39 bits per heavy atom. The van der Waals surface area contributed by atoms with Crippen LogP contribution in [0.25, 0.3) is 0 Å². The number of aliphatic hydroxyl groups excluding tert-OH is 1. The number of amides is 3.